The van der Waals surface area contributed by atoms with Crippen molar-refractivity contribution in [2.24, 2.45) is 0 Å². The lowest BCUT2D eigenvalue weighted by Gasteiger charge is -2.16. The molecule has 110 valence electrons. The largest absolute Gasteiger partial charge is 0.497 e. The number of hydrogen-bond acceptors (Lipinski definition) is 4. The van der Waals surface area contributed by atoms with Gasteiger partial charge in [0.1, 0.15) is 12.0 Å². The molecule has 21 heavy (non-hydrogen) atoms. The van der Waals surface area contributed by atoms with Crippen molar-refractivity contribution in [1.82, 2.24) is 4.90 Å². The summed E-state index contributed by atoms with van der Waals surface area (Å²) < 4.78 is 9.93. The third kappa shape index (κ3) is 3.85. The van der Waals surface area contributed by atoms with Crippen molar-refractivity contribution in [2.75, 3.05) is 26.0 Å². The highest BCUT2D eigenvalue weighted by Crippen LogP contribution is 2.16. The number of benzene rings is 1. The van der Waals surface area contributed by atoms with Gasteiger partial charge in [-0.25, -0.2) is 0 Å². The quantitative estimate of drug-likeness (QED) is 0.913. The third-order valence-electron chi connectivity index (χ3n) is 2.85. The van der Waals surface area contributed by atoms with Crippen molar-refractivity contribution in [3.05, 3.63) is 48.4 Å². The van der Waals surface area contributed by atoms with Crippen LogP contribution in [0.25, 0.3) is 0 Å². The smallest absolute Gasteiger partial charge is 0.257 e. The lowest BCUT2D eigenvalue weighted by molar-refractivity contribution is -0.116. The molecule has 0 aliphatic heterocycles. The van der Waals surface area contributed by atoms with Crippen molar-refractivity contribution in [2.45, 2.75) is 0 Å². The highest BCUT2D eigenvalue weighted by atomic mass is 16.5. The summed E-state index contributed by atoms with van der Waals surface area (Å²) in [6, 6.07) is 8.56. The van der Waals surface area contributed by atoms with E-state index in [0.29, 0.717) is 17.0 Å². The molecular formula is C15H16N2O4. The monoisotopic (exact) mass is 288 g/mol. The zero-order valence-corrected chi connectivity index (χ0v) is 11.8. The number of rotatable bonds is 5. The number of carbonyl (C=O) groups is 2. The topological polar surface area (TPSA) is 71.8 Å². The molecule has 0 saturated heterocycles. The Morgan fingerprint density at radius 3 is 2.81 bits per heavy atom. The number of nitrogens with zero attached hydrogens (tertiary/aromatic N) is 1. The maximum Gasteiger partial charge on any atom is 0.257 e. The maximum atomic E-state index is 12.0. The van der Waals surface area contributed by atoms with Crippen LogP contribution in [0.3, 0.4) is 0 Å². The lowest BCUT2D eigenvalue weighted by Crippen LogP contribution is -2.34. The Morgan fingerprint density at radius 2 is 2.14 bits per heavy atom. The van der Waals surface area contributed by atoms with Crippen LogP contribution in [0.5, 0.6) is 5.75 Å². The van der Waals surface area contributed by atoms with Crippen LogP contribution < -0.4 is 10.1 Å². The number of ether oxygens (including phenoxy) is 1. The average Bonchev–Trinajstić information content (AvgIpc) is 3.00. The van der Waals surface area contributed by atoms with Gasteiger partial charge in [-0.3, -0.25) is 9.59 Å². The van der Waals surface area contributed by atoms with Crippen LogP contribution in [-0.2, 0) is 4.79 Å². The van der Waals surface area contributed by atoms with Gasteiger partial charge in [0.15, 0.2) is 0 Å². The van der Waals surface area contributed by atoms with Crippen LogP contribution in [-0.4, -0.2) is 37.4 Å². The van der Waals surface area contributed by atoms with E-state index in [1.54, 1.807) is 44.5 Å². The van der Waals surface area contributed by atoms with Crippen molar-refractivity contribution < 1.29 is 18.7 Å². The summed E-state index contributed by atoms with van der Waals surface area (Å²) in [6.07, 6.45) is 2.76. The predicted octanol–water partition coefficient (Wildman–Crippen LogP) is 2.00. The van der Waals surface area contributed by atoms with Gasteiger partial charge in [-0.15, -0.1) is 0 Å². The first-order valence-corrected chi connectivity index (χ1v) is 6.31. The Hall–Kier alpha value is -2.76. The first-order chi connectivity index (χ1) is 10.1. The molecule has 0 spiro atoms. The first kappa shape index (κ1) is 14.6. The van der Waals surface area contributed by atoms with Crippen LogP contribution in [0.2, 0.25) is 0 Å². The van der Waals surface area contributed by atoms with Gasteiger partial charge >= 0.3 is 0 Å². The van der Waals surface area contributed by atoms with Gasteiger partial charge in [0.05, 0.1) is 25.5 Å². The number of nitrogens with one attached hydrogen (secondary N) is 1. The van der Waals surface area contributed by atoms with E-state index in [1.807, 2.05) is 0 Å². The fraction of sp³-hybridized carbons (Fsp3) is 0.200. The number of hydrogen-bond donors (Lipinski definition) is 1. The van der Waals surface area contributed by atoms with Crippen molar-refractivity contribution >= 4 is 17.5 Å². The SMILES string of the molecule is COc1cccc(NC(=O)CN(C)C(=O)c2ccoc2)c1. The summed E-state index contributed by atoms with van der Waals surface area (Å²) in [5.41, 5.74) is 1.02. The molecule has 6 heteroatoms. The minimum absolute atomic E-state index is 0.0543. The number of anilines is 1. The maximum absolute atomic E-state index is 12.0. The second-order valence-corrected chi connectivity index (χ2v) is 4.45. The minimum Gasteiger partial charge on any atom is -0.497 e. The Morgan fingerprint density at radius 1 is 1.33 bits per heavy atom. The fourth-order valence-electron chi connectivity index (χ4n) is 1.80. The molecule has 0 atom stereocenters. The average molecular weight is 288 g/mol. The summed E-state index contributed by atoms with van der Waals surface area (Å²) in [6.45, 7) is -0.0543. The van der Waals surface area contributed by atoms with E-state index in [9.17, 15) is 9.59 Å². The lowest BCUT2D eigenvalue weighted by atomic mass is 10.3. The van der Waals surface area contributed by atoms with Crippen molar-refractivity contribution in [3.63, 3.8) is 0 Å². The van der Waals surface area contributed by atoms with Gasteiger partial charge in [0.25, 0.3) is 5.91 Å². The molecule has 0 radical (unpaired) electrons. The molecule has 0 fully saturated rings. The van der Waals surface area contributed by atoms with E-state index in [4.69, 9.17) is 9.15 Å². The summed E-state index contributed by atoms with van der Waals surface area (Å²) in [5, 5.41) is 2.71. The molecule has 0 aliphatic carbocycles. The molecule has 1 heterocycles. The van der Waals surface area contributed by atoms with E-state index in [2.05, 4.69) is 5.32 Å². The molecule has 2 rings (SSSR count). The first-order valence-electron chi connectivity index (χ1n) is 6.31. The van der Waals surface area contributed by atoms with Crippen molar-refractivity contribution in [1.29, 1.82) is 0 Å². The zero-order valence-electron chi connectivity index (χ0n) is 11.8. The van der Waals surface area contributed by atoms with Crippen LogP contribution in [0.15, 0.2) is 47.3 Å². The van der Waals surface area contributed by atoms with Gasteiger partial charge in [-0.05, 0) is 18.2 Å². The molecular weight excluding hydrogens is 272 g/mol. The summed E-state index contributed by atoms with van der Waals surface area (Å²) in [4.78, 5) is 25.2. The molecule has 2 aromatic rings. The highest BCUT2D eigenvalue weighted by Gasteiger charge is 2.15. The molecule has 1 aromatic carbocycles. The second-order valence-electron chi connectivity index (χ2n) is 4.45. The second kappa shape index (κ2) is 6.60. The molecule has 0 saturated carbocycles. The van der Waals surface area contributed by atoms with Crippen LogP contribution in [0.1, 0.15) is 10.4 Å². The molecule has 0 bridgehead atoms. The van der Waals surface area contributed by atoms with E-state index in [-0.39, 0.29) is 18.4 Å². The summed E-state index contributed by atoms with van der Waals surface area (Å²) >= 11 is 0. The molecule has 1 N–H and O–H groups in total. The third-order valence-corrected chi connectivity index (χ3v) is 2.85. The summed E-state index contributed by atoms with van der Waals surface area (Å²) in [7, 11) is 3.11. The Labute approximate surface area is 122 Å². The van der Waals surface area contributed by atoms with Crippen molar-refractivity contribution in [3.8, 4) is 5.75 Å². The number of furan rings is 1. The van der Waals surface area contributed by atoms with Crippen LogP contribution >= 0.6 is 0 Å². The van der Waals surface area contributed by atoms with Gasteiger partial charge < -0.3 is 19.4 Å². The normalized spacial score (nSPS) is 10.0. The van der Waals surface area contributed by atoms with E-state index < -0.39 is 0 Å². The molecule has 2 amide bonds. The number of methoxy groups -OCH3 is 1. The van der Waals surface area contributed by atoms with Gasteiger partial charge in [0.2, 0.25) is 5.91 Å². The van der Waals surface area contributed by atoms with Crippen LogP contribution in [0.4, 0.5) is 5.69 Å². The standard InChI is InChI=1S/C15H16N2O4/c1-17(15(19)11-6-7-21-10-11)9-14(18)16-12-4-3-5-13(8-12)20-2/h3-8,10H,9H2,1-2H3,(H,16,18). The van der Waals surface area contributed by atoms with E-state index in [0.717, 1.165) is 0 Å². The summed E-state index contributed by atoms with van der Waals surface area (Å²) in [5.74, 6) is 0.0859. The number of carbonyl (C=O) groups excluding carboxylic acids is 2. The Balaban J connectivity index is 1.93. The minimum atomic E-state index is -0.289. The fourth-order valence-corrected chi connectivity index (χ4v) is 1.80. The Kier molecular flexibility index (Phi) is 4.61. The molecule has 0 unspecified atom stereocenters. The van der Waals surface area contributed by atoms with E-state index in [1.165, 1.54) is 17.4 Å². The van der Waals surface area contributed by atoms with E-state index >= 15 is 0 Å². The Bertz CT molecular complexity index is 622. The molecule has 6 nitrogen and oxygen atoms in total. The molecule has 1 aromatic heterocycles. The zero-order chi connectivity index (χ0) is 15.2. The highest BCUT2D eigenvalue weighted by molar-refractivity contribution is 5.99. The van der Waals surface area contributed by atoms with Gasteiger partial charge in [-0.2, -0.15) is 0 Å². The van der Waals surface area contributed by atoms with Gasteiger partial charge in [-0.1, -0.05) is 6.07 Å². The van der Waals surface area contributed by atoms with Gasteiger partial charge in [0, 0.05) is 18.8 Å². The number of likely N-dealkylation sites (N-methyl/N-ethyl adjacent to an activating group) is 1. The van der Waals surface area contributed by atoms with Crippen LogP contribution in [0, 0.1) is 0 Å². The molecule has 0 aliphatic rings. The number of amides is 2. The predicted molar refractivity (Wildman–Crippen MR) is 77.3 cm³/mol.